The van der Waals surface area contributed by atoms with Crippen LogP contribution in [0.3, 0.4) is 0 Å². The Morgan fingerprint density at radius 3 is 2.71 bits per heavy atom. The van der Waals surface area contributed by atoms with Crippen LogP contribution in [0.5, 0.6) is 5.75 Å². The molecule has 0 N–H and O–H groups in total. The van der Waals surface area contributed by atoms with Gasteiger partial charge in [0.25, 0.3) is 0 Å². The number of hydrogen-bond acceptors (Lipinski definition) is 2. The summed E-state index contributed by atoms with van der Waals surface area (Å²) in [6, 6.07) is 2.83. The lowest BCUT2D eigenvalue weighted by atomic mass is 10.1. The zero-order chi connectivity index (χ0) is 10.7. The van der Waals surface area contributed by atoms with Crippen LogP contribution >= 0.6 is 15.9 Å². The zero-order valence-corrected chi connectivity index (χ0v) is 9.52. The second kappa shape index (κ2) is 4.55. The molecule has 0 radical (unpaired) electrons. The summed E-state index contributed by atoms with van der Waals surface area (Å²) in [6.07, 6.45) is 0.0927. The first-order valence-electron chi connectivity index (χ1n) is 4.06. The van der Waals surface area contributed by atoms with Gasteiger partial charge in [-0.15, -0.1) is 0 Å². The van der Waals surface area contributed by atoms with E-state index in [1.807, 2.05) is 0 Å². The van der Waals surface area contributed by atoms with Gasteiger partial charge in [0.2, 0.25) is 0 Å². The van der Waals surface area contributed by atoms with Gasteiger partial charge in [0.15, 0.2) is 0 Å². The van der Waals surface area contributed by atoms with Crippen molar-refractivity contribution >= 4 is 21.7 Å². The molecule has 0 heterocycles. The van der Waals surface area contributed by atoms with Gasteiger partial charge in [-0.2, -0.15) is 0 Å². The van der Waals surface area contributed by atoms with Crippen LogP contribution in [-0.2, 0) is 11.2 Å². The number of hydrogen-bond donors (Lipinski definition) is 0. The van der Waals surface area contributed by atoms with Crippen molar-refractivity contribution in [3.63, 3.8) is 0 Å². The lowest BCUT2D eigenvalue weighted by Gasteiger charge is -2.06. The fourth-order valence-corrected chi connectivity index (χ4v) is 1.61. The van der Waals surface area contributed by atoms with Gasteiger partial charge in [-0.25, -0.2) is 4.39 Å². The first-order chi connectivity index (χ1) is 6.54. The summed E-state index contributed by atoms with van der Waals surface area (Å²) < 4.78 is 18.8. The smallest absolute Gasteiger partial charge is 0.134 e. The van der Waals surface area contributed by atoms with E-state index in [1.54, 1.807) is 0 Å². The Labute approximate surface area is 90.2 Å². The quantitative estimate of drug-likeness (QED) is 0.836. The van der Waals surface area contributed by atoms with E-state index in [4.69, 9.17) is 4.74 Å². The molecule has 0 fully saturated rings. The predicted molar refractivity (Wildman–Crippen MR) is 55.0 cm³/mol. The first kappa shape index (κ1) is 11.2. The highest BCUT2D eigenvalue weighted by Crippen LogP contribution is 2.28. The lowest BCUT2D eigenvalue weighted by Crippen LogP contribution is -2.00. The van der Waals surface area contributed by atoms with Crippen LogP contribution in [0.25, 0.3) is 0 Å². The van der Waals surface area contributed by atoms with Crippen LogP contribution in [0.2, 0.25) is 0 Å². The van der Waals surface area contributed by atoms with E-state index in [-0.39, 0.29) is 12.2 Å². The Bertz CT molecular complexity index is 363. The number of benzene rings is 1. The highest BCUT2D eigenvalue weighted by atomic mass is 79.9. The minimum absolute atomic E-state index is 0.0757. The molecule has 0 aliphatic rings. The molecule has 76 valence electrons. The van der Waals surface area contributed by atoms with E-state index in [9.17, 15) is 9.18 Å². The highest BCUT2D eigenvalue weighted by Gasteiger charge is 2.09. The van der Waals surface area contributed by atoms with Gasteiger partial charge in [0.05, 0.1) is 11.6 Å². The molecular weight excluding hydrogens is 251 g/mol. The zero-order valence-electron chi connectivity index (χ0n) is 7.93. The predicted octanol–water partition coefficient (Wildman–Crippen LogP) is 2.73. The summed E-state index contributed by atoms with van der Waals surface area (Å²) in [5.41, 5.74) is 0.359. The molecule has 14 heavy (non-hydrogen) atoms. The molecule has 0 aromatic heterocycles. The van der Waals surface area contributed by atoms with Crippen LogP contribution in [0.4, 0.5) is 4.39 Å². The molecule has 0 atom stereocenters. The van der Waals surface area contributed by atoms with Crippen molar-refractivity contribution in [1.82, 2.24) is 0 Å². The normalized spacial score (nSPS) is 10.0. The fraction of sp³-hybridized carbons (Fsp3) is 0.300. The van der Waals surface area contributed by atoms with Crippen LogP contribution in [0.15, 0.2) is 16.6 Å². The molecule has 0 saturated heterocycles. The number of ketones is 1. The van der Waals surface area contributed by atoms with Crippen LogP contribution in [0, 0.1) is 5.82 Å². The molecule has 0 amide bonds. The molecule has 0 unspecified atom stereocenters. The Balaban J connectivity index is 3.10. The van der Waals surface area contributed by atoms with Gasteiger partial charge in [0, 0.05) is 6.42 Å². The van der Waals surface area contributed by atoms with Crippen molar-refractivity contribution in [2.45, 2.75) is 13.3 Å². The molecule has 1 aromatic rings. The number of carbonyl (C=O) groups is 1. The number of ether oxygens (including phenoxy) is 1. The standard InChI is InChI=1S/C10H10BrFO2/c1-6(13)3-7-4-10(14-2)8(11)5-9(7)12/h4-5H,3H2,1-2H3. The second-order valence-electron chi connectivity index (χ2n) is 2.96. The largest absolute Gasteiger partial charge is 0.496 e. The lowest BCUT2D eigenvalue weighted by molar-refractivity contribution is -0.116. The van der Waals surface area contributed by atoms with E-state index in [0.29, 0.717) is 15.8 Å². The van der Waals surface area contributed by atoms with Crippen molar-refractivity contribution in [2.24, 2.45) is 0 Å². The molecule has 1 aromatic carbocycles. The summed E-state index contributed by atoms with van der Waals surface area (Å²) in [5.74, 6) is 0.0591. The van der Waals surface area contributed by atoms with Gasteiger partial charge in [0.1, 0.15) is 17.3 Å². The Morgan fingerprint density at radius 2 is 2.21 bits per heavy atom. The minimum Gasteiger partial charge on any atom is -0.496 e. The Morgan fingerprint density at radius 1 is 1.57 bits per heavy atom. The minimum atomic E-state index is -0.395. The maximum atomic E-state index is 13.3. The second-order valence-corrected chi connectivity index (χ2v) is 3.81. The molecular formula is C10H10BrFO2. The van der Waals surface area contributed by atoms with Crippen molar-refractivity contribution in [3.8, 4) is 5.75 Å². The van der Waals surface area contributed by atoms with Gasteiger partial charge in [-0.05, 0) is 40.5 Å². The molecule has 0 aliphatic carbocycles. The monoisotopic (exact) mass is 260 g/mol. The molecule has 4 heteroatoms. The summed E-state index contributed by atoms with van der Waals surface area (Å²) in [6.45, 7) is 1.42. The van der Waals surface area contributed by atoms with Crippen molar-refractivity contribution in [1.29, 1.82) is 0 Å². The van der Waals surface area contributed by atoms with Crippen LogP contribution in [0.1, 0.15) is 12.5 Å². The van der Waals surface area contributed by atoms with E-state index < -0.39 is 5.82 Å². The molecule has 0 bridgehead atoms. The molecule has 0 saturated carbocycles. The third-order valence-electron chi connectivity index (χ3n) is 1.76. The number of Topliss-reactive ketones (excluding diaryl/α,β-unsaturated/α-hetero) is 1. The number of halogens is 2. The van der Waals surface area contributed by atoms with Gasteiger partial charge >= 0.3 is 0 Å². The molecule has 0 spiro atoms. The van der Waals surface area contributed by atoms with E-state index in [2.05, 4.69) is 15.9 Å². The first-order valence-corrected chi connectivity index (χ1v) is 4.85. The summed E-state index contributed by atoms with van der Waals surface area (Å²) in [7, 11) is 1.50. The third-order valence-corrected chi connectivity index (χ3v) is 2.38. The average molecular weight is 261 g/mol. The molecule has 1 rings (SSSR count). The Hall–Kier alpha value is -0.900. The summed E-state index contributed by atoms with van der Waals surface area (Å²) in [5, 5.41) is 0. The number of methoxy groups -OCH3 is 1. The maximum absolute atomic E-state index is 13.3. The summed E-state index contributed by atoms with van der Waals surface area (Å²) in [4.78, 5) is 10.8. The van der Waals surface area contributed by atoms with Crippen molar-refractivity contribution in [3.05, 3.63) is 28.0 Å². The van der Waals surface area contributed by atoms with E-state index >= 15 is 0 Å². The van der Waals surface area contributed by atoms with Gasteiger partial charge in [-0.1, -0.05) is 0 Å². The van der Waals surface area contributed by atoms with E-state index in [1.165, 1.54) is 26.2 Å². The SMILES string of the molecule is COc1cc(CC(C)=O)c(F)cc1Br. The highest BCUT2D eigenvalue weighted by molar-refractivity contribution is 9.10. The summed E-state index contributed by atoms with van der Waals surface area (Å²) >= 11 is 3.16. The van der Waals surface area contributed by atoms with Crippen molar-refractivity contribution in [2.75, 3.05) is 7.11 Å². The molecule has 0 aliphatic heterocycles. The van der Waals surface area contributed by atoms with Crippen molar-refractivity contribution < 1.29 is 13.9 Å². The average Bonchev–Trinajstić information content (AvgIpc) is 2.09. The van der Waals surface area contributed by atoms with E-state index in [0.717, 1.165) is 0 Å². The third kappa shape index (κ3) is 2.54. The van der Waals surface area contributed by atoms with Gasteiger partial charge in [-0.3, -0.25) is 4.79 Å². The van der Waals surface area contributed by atoms with Crippen LogP contribution in [-0.4, -0.2) is 12.9 Å². The molecule has 2 nitrogen and oxygen atoms in total. The van der Waals surface area contributed by atoms with Crippen LogP contribution < -0.4 is 4.74 Å². The maximum Gasteiger partial charge on any atom is 0.134 e. The number of carbonyl (C=O) groups excluding carboxylic acids is 1. The topological polar surface area (TPSA) is 26.3 Å². The fourth-order valence-electron chi connectivity index (χ4n) is 1.13. The Kier molecular flexibility index (Phi) is 3.63. The van der Waals surface area contributed by atoms with Gasteiger partial charge < -0.3 is 4.74 Å². The number of rotatable bonds is 3.